The summed E-state index contributed by atoms with van der Waals surface area (Å²) in [6.07, 6.45) is 9.21. The molecule has 0 aromatic heterocycles. The third-order valence-electron chi connectivity index (χ3n) is 2.87. The first kappa shape index (κ1) is 12.9. The second-order valence-electron chi connectivity index (χ2n) is 4.19. The molecule has 0 unspecified atom stereocenters. The predicted octanol–water partition coefficient (Wildman–Crippen LogP) is 2.83. The first-order valence-electron chi connectivity index (χ1n) is 5.93. The lowest BCUT2D eigenvalue weighted by atomic mass is 10.2. The Labute approximate surface area is 112 Å². The topological polar surface area (TPSA) is 51.4 Å². The summed E-state index contributed by atoms with van der Waals surface area (Å²) in [5.74, 6) is 0. The maximum absolute atomic E-state index is 9.61. The zero-order valence-corrected chi connectivity index (χ0v) is 11.1. The lowest BCUT2D eigenvalue weighted by molar-refractivity contribution is -0.00149. The van der Waals surface area contributed by atoms with Gasteiger partial charge in [0.2, 0.25) is 5.11 Å². The van der Waals surface area contributed by atoms with E-state index in [1.54, 1.807) is 25.3 Å². The summed E-state index contributed by atoms with van der Waals surface area (Å²) in [4.78, 5) is 2.05. The molecule has 0 atom stereocenters. The Bertz CT molecular complexity index is 447. The summed E-state index contributed by atoms with van der Waals surface area (Å²) in [5.41, 5.74) is 1.23. The molecule has 0 saturated carbocycles. The number of rotatable bonds is 1. The van der Waals surface area contributed by atoms with Gasteiger partial charge >= 0.3 is 0 Å². The van der Waals surface area contributed by atoms with E-state index in [0.29, 0.717) is 16.5 Å². The number of hydrogen-bond donors (Lipinski definition) is 1. The summed E-state index contributed by atoms with van der Waals surface area (Å²) in [6.45, 7) is 3.71. The number of likely N-dealkylation sites (tertiary alicyclic amines) is 1. The third-order valence-corrected chi connectivity index (χ3v) is 3.21. The van der Waals surface area contributed by atoms with Crippen molar-refractivity contribution >= 4 is 17.3 Å². The fourth-order valence-electron chi connectivity index (χ4n) is 1.86. The molecule has 0 spiro atoms. The summed E-state index contributed by atoms with van der Waals surface area (Å²) >= 11 is 5.20. The van der Waals surface area contributed by atoms with Crippen LogP contribution >= 0.6 is 12.2 Å². The molecule has 6 heteroatoms. The van der Waals surface area contributed by atoms with Crippen LogP contribution in [0.1, 0.15) is 19.8 Å². The molecule has 2 aliphatic heterocycles. The Morgan fingerprint density at radius 2 is 2.00 bits per heavy atom. The third kappa shape index (κ3) is 3.02. The minimum atomic E-state index is 0.521. The standard InChI is InChI=1S/C12H16N4OS/c1-10(11-6-2-3-9-16(11)17)13-14-12(18)15-7-4-5-8-15/h2-3,6,9,17H,4-5,7-8H2,1H3. The number of nitrogens with zero attached hydrogens (tertiary/aromatic N) is 4. The number of allylic oxidation sites excluding steroid dienone is 4. The zero-order valence-electron chi connectivity index (χ0n) is 10.3. The summed E-state index contributed by atoms with van der Waals surface area (Å²) in [6, 6.07) is 0. The largest absolute Gasteiger partial charge is 0.346 e. The highest BCUT2D eigenvalue weighted by Crippen LogP contribution is 2.16. The Kier molecular flexibility index (Phi) is 4.22. The van der Waals surface area contributed by atoms with Crippen molar-refractivity contribution in [3.05, 3.63) is 35.8 Å². The van der Waals surface area contributed by atoms with Crippen molar-refractivity contribution < 1.29 is 5.21 Å². The highest BCUT2D eigenvalue weighted by molar-refractivity contribution is 7.80. The smallest absolute Gasteiger partial charge is 0.216 e. The highest BCUT2D eigenvalue weighted by Gasteiger charge is 2.14. The molecule has 0 aromatic rings. The Hall–Kier alpha value is -1.53. The SMILES string of the molecule is CC(N=NC(=S)N1CCCC1)=C1C=CC=CN1O. The van der Waals surface area contributed by atoms with Crippen molar-refractivity contribution in [1.29, 1.82) is 0 Å². The average molecular weight is 264 g/mol. The second-order valence-corrected chi connectivity index (χ2v) is 4.56. The highest BCUT2D eigenvalue weighted by atomic mass is 32.1. The molecular formula is C12H16N4OS. The van der Waals surface area contributed by atoms with Gasteiger partial charge in [0.1, 0.15) is 0 Å². The first-order chi connectivity index (χ1) is 8.68. The number of hydroxylamine groups is 2. The van der Waals surface area contributed by atoms with Crippen LogP contribution in [-0.4, -0.2) is 33.4 Å². The lowest BCUT2D eigenvalue weighted by Crippen LogP contribution is -2.23. The molecule has 0 amide bonds. The number of hydrogen-bond acceptors (Lipinski definition) is 4. The molecule has 0 bridgehead atoms. The van der Waals surface area contributed by atoms with Gasteiger partial charge in [-0.05, 0) is 44.1 Å². The van der Waals surface area contributed by atoms with Crippen molar-refractivity contribution in [2.45, 2.75) is 19.8 Å². The van der Waals surface area contributed by atoms with E-state index >= 15 is 0 Å². The molecule has 96 valence electrons. The maximum atomic E-state index is 9.61. The molecule has 2 heterocycles. The van der Waals surface area contributed by atoms with Gasteiger partial charge in [0.05, 0.1) is 11.4 Å². The van der Waals surface area contributed by atoms with Crippen LogP contribution in [0.25, 0.3) is 0 Å². The van der Waals surface area contributed by atoms with E-state index in [9.17, 15) is 5.21 Å². The summed E-state index contributed by atoms with van der Waals surface area (Å²) in [7, 11) is 0. The van der Waals surface area contributed by atoms with E-state index in [2.05, 4.69) is 10.2 Å². The van der Waals surface area contributed by atoms with E-state index in [-0.39, 0.29) is 0 Å². The van der Waals surface area contributed by atoms with Crippen molar-refractivity contribution in [2.75, 3.05) is 13.1 Å². The van der Waals surface area contributed by atoms with Gasteiger partial charge in [-0.2, -0.15) is 5.11 Å². The van der Waals surface area contributed by atoms with E-state index in [1.807, 2.05) is 11.0 Å². The molecule has 1 fully saturated rings. The molecular weight excluding hydrogens is 248 g/mol. The average Bonchev–Trinajstić information content (AvgIpc) is 2.90. The van der Waals surface area contributed by atoms with E-state index in [4.69, 9.17) is 12.2 Å². The molecule has 1 N–H and O–H groups in total. The minimum absolute atomic E-state index is 0.521. The summed E-state index contributed by atoms with van der Waals surface area (Å²) < 4.78 is 0. The van der Waals surface area contributed by atoms with Gasteiger partial charge in [-0.3, -0.25) is 5.21 Å². The van der Waals surface area contributed by atoms with Crippen molar-refractivity contribution in [3.8, 4) is 0 Å². The van der Waals surface area contributed by atoms with E-state index in [0.717, 1.165) is 31.0 Å². The van der Waals surface area contributed by atoms with Crippen LogP contribution in [0.4, 0.5) is 0 Å². The van der Waals surface area contributed by atoms with Crippen molar-refractivity contribution in [3.63, 3.8) is 0 Å². The summed E-state index contributed by atoms with van der Waals surface area (Å²) in [5, 5.41) is 19.3. The molecule has 2 aliphatic rings. The maximum Gasteiger partial charge on any atom is 0.216 e. The first-order valence-corrected chi connectivity index (χ1v) is 6.34. The molecule has 0 radical (unpaired) electrons. The number of azo groups is 1. The Morgan fingerprint density at radius 3 is 2.67 bits per heavy atom. The normalized spacial score (nSPS) is 22.1. The molecule has 5 nitrogen and oxygen atoms in total. The van der Waals surface area contributed by atoms with Gasteiger partial charge in [0.25, 0.3) is 0 Å². The van der Waals surface area contributed by atoms with Gasteiger partial charge in [-0.25, -0.2) is 5.06 Å². The predicted molar refractivity (Wildman–Crippen MR) is 72.9 cm³/mol. The van der Waals surface area contributed by atoms with Crippen LogP contribution in [0, 0.1) is 0 Å². The molecule has 0 aliphatic carbocycles. The quantitative estimate of drug-likeness (QED) is 0.584. The molecule has 1 saturated heterocycles. The van der Waals surface area contributed by atoms with E-state index < -0.39 is 0 Å². The van der Waals surface area contributed by atoms with Crippen LogP contribution in [-0.2, 0) is 0 Å². The fourth-order valence-corrected chi connectivity index (χ4v) is 2.09. The van der Waals surface area contributed by atoms with Crippen LogP contribution in [0.2, 0.25) is 0 Å². The Balaban J connectivity index is 2.04. The molecule has 18 heavy (non-hydrogen) atoms. The van der Waals surface area contributed by atoms with Gasteiger partial charge in [-0.15, -0.1) is 5.11 Å². The monoisotopic (exact) mass is 264 g/mol. The van der Waals surface area contributed by atoms with Gasteiger partial charge in [0, 0.05) is 19.3 Å². The van der Waals surface area contributed by atoms with Crippen LogP contribution in [0.5, 0.6) is 0 Å². The van der Waals surface area contributed by atoms with E-state index in [1.165, 1.54) is 0 Å². The van der Waals surface area contributed by atoms with Crippen LogP contribution in [0.15, 0.2) is 46.1 Å². The van der Waals surface area contributed by atoms with Gasteiger partial charge in [0.15, 0.2) is 0 Å². The van der Waals surface area contributed by atoms with Crippen molar-refractivity contribution in [1.82, 2.24) is 9.96 Å². The van der Waals surface area contributed by atoms with Gasteiger partial charge < -0.3 is 4.90 Å². The number of thiocarbonyl (C=S) groups is 1. The fraction of sp³-hybridized carbons (Fsp3) is 0.417. The van der Waals surface area contributed by atoms with Crippen molar-refractivity contribution in [2.24, 2.45) is 10.2 Å². The second kappa shape index (κ2) is 5.88. The van der Waals surface area contributed by atoms with Crippen LogP contribution in [0.3, 0.4) is 0 Å². The zero-order chi connectivity index (χ0) is 13.0. The minimum Gasteiger partial charge on any atom is -0.346 e. The molecule has 0 aromatic carbocycles. The lowest BCUT2D eigenvalue weighted by Gasteiger charge is -2.17. The van der Waals surface area contributed by atoms with Crippen LogP contribution < -0.4 is 0 Å². The molecule has 2 rings (SSSR count). The van der Waals surface area contributed by atoms with Gasteiger partial charge in [-0.1, -0.05) is 6.08 Å². The Morgan fingerprint density at radius 1 is 1.28 bits per heavy atom.